The molecule has 71 heavy (non-hydrogen) atoms. The molecule has 0 aromatic carbocycles. The van der Waals surface area contributed by atoms with Crippen LogP contribution in [0.3, 0.4) is 0 Å². The summed E-state index contributed by atoms with van der Waals surface area (Å²) in [7, 11) is -2.56. The molecule has 1 amide bonds. The number of piperidine rings is 2. The molecule has 0 saturated carbocycles. The summed E-state index contributed by atoms with van der Waals surface area (Å²) in [5.41, 5.74) is 12.0. The number of fused-ring (bicyclic) bond motifs is 2. The van der Waals surface area contributed by atoms with Gasteiger partial charge in [0.2, 0.25) is 0 Å². The van der Waals surface area contributed by atoms with Gasteiger partial charge in [-0.1, -0.05) is 49.6 Å². The number of nitrogens with zero attached hydrogens (tertiary/aromatic N) is 10. The van der Waals surface area contributed by atoms with Gasteiger partial charge < -0.3 is 54.3 Å². The number of hydrogen-bond donors (Lipinski definition) is 4. The molecular formula is C49H72N12O8Si2. The van der Waals surface area contributed by atoms with Crippen molar-refractivity contribution in [3.05, 3.63) is 72.1 Å². The number of nitrogens with one attached hydrogen (secondary N) is 1. The Morgan fingerprint density at radius 2 is 1.38 bits per heavy atom. The summed E-state index contributed by atoms with van der Waals surface area (Å²) in [6, 6.07) is 9.64. The van der Waals surface area contributed by atoms with Crippen LogP contribution in [0.15, 0.2) is 68.3 Å². The average Bonchev–Trinajstić information content (AvgIpc) is 4.15. The number of anilines is 2. The summed E-state index contributed by atoms with van der Waals surface area (Å²) < 4.78 is 32.7. The van der Waals surface area contributed by atoms with Crippen molar-refractivity contribution in [2.24, 2.45) is 10.3 Å². The molecule has 8 heterocycles. The van der Waals surface area contributed by atoms with Gasteiger partial charge >= 0.3 is 6.09 Å². The molecule has 0 bridgehead atoms. The van der Waals surface area contributed by atoms with E-state index in [0.717, 1.165) is 90.3 Å². The van der Waals surface area contributed by atoms with Gasteiger partial charge in [0.15, 0.2) is 11.3 Å². The molecule has 0 spiro atoms. The summed E-state index contributed by atoms with van der Waals surface area (Å²) >= 11 is 0. The van der Waals surface area contributed by atoms with Crippen LogP contribution in [0.1, 0.15) is 81.2 Å². The number of amides is 1. The highest BCUT2D eigenvalue weighted by atomic mass is 28.3. The average molecular weight is 1010 g/mol. The van der Waals surface area contributed by atoms with E-state index in [1.807, 2.05) is 31.4 Å². The van der Waals surface area contributed by atoms with Crippen molar-refractivity contribution in [2.75, 3.05) is 63.5 Å². The fourth-order valence-electron chi connectivity index (χ4n) is 8.35. The minimum atomic E-state index is -1.28. The maximum atomic E-state index is 13.1. The van der Waals surface area contributed by atoms with Crippen molar-refractivity contribution in [1.29, 1.82) is 0 Å². The van der Waals surface area contributed by atoms with E-state index < -0.39 is 21.7 Å². The Hall–Kier alpha value is -6.08. The van der Waals surface area contributed by atoms with E-state index in [2.05, 4.69) is 71.0 Å². The molecule has 6 aromatic heterocycles. The number of ether oxygens (including phenoxy) is 3. The number of nitrogens with two attached hydrogens (primary N) is 1. The fourth-order valence-corrected chi connectivity index (χ4v) is 9.86. The van der Waals surface area contributed by atoms with E-state index in [1.165, 1.54) is 12.4 Å². The molecule has 2 fully saturated rings. The van der Waals surface area contributed by atoms with Crippen LogP contribution in [0.4, 0.5) is 16.4 Å². The Morgan fingerprint density at radius 3 is 1.92 bits per heavy atom. The Kier molecular flexibility index (Phi) is 17.1. The topological polar surface area (TPSA) is 241 Å². The highest BCUT2D eigenvalue weighted by Crippen LogP contribution is 2.34. The Labute approximate surface area is 417 Å². The van der Waals surface area contributed by atoms with Crippen molar-refractivity contribution >= 4 is 57.6 Å². The molecule has 0 radical (unpaired) electrons. The lowest BCUT2D eigenvalue weighted by molar-refractivity contribution is 0.0197. The second kappa shape index (κ2) is 23.0. The van der Waals surface area contributed by atoms with Crippen LogP contribution in [0.5, 0.6) is 0 Å². The van der Waals surface area contributed by atoms with Crippen LogP contribution >= 0.6 is 0 Å². The lowest BCUT2D eigenvalue weighted by Crippen LogP contribution is -2.42. The summed E-state index contributed by atoms with van der Waals surface area (Å²) in [5.74, 6) is 2.57. The number of oxime groups is 2. The maximum Gasteiger partial charge on any atom is 0.410 e. The predicted octanol–water partition coefficient (Wildman–Crippen LogP) is 9.19. The number of carbonyl (C=O) groups is 1. The first kappa shape index (κ1) is 52.7. The van der Waals surface area contributed by atoms with Gasteiger partial charge in [-0.05, 0) is 77.2 Å². The van der Waals surface area contributed by atoms with E-state index in [9.17, 15) is 4.79 Å². The molecule has 22 heteroatoms. The number of likely N-dealkylation sites (tertiary alicyclic amines) is 1. The molecule has 5 N–H and O–H groups in total. The molecule has 8 rings (SSSR count). The lowest BCUT2D eigenvalue weighted by Gasteiger charge is -2.34. The molecule has 2 aliphatic heterocycles. The molecule has 2 aliphatic rings. The van der Waals surface area contributed by atoms with Gasteiger partial charge in [0, 0.05) is 95.2 Å². The summed E-state index contributed by atoms with van der Waals surface area (Å²) in [6.45, 7) is 24.8. The summed E-state index contributed by atoms with van der Waals surface area (Å²) in [5, 5.41) is 36.2. The maximum absolute atomic E-state index is 13.1. The molecule has 20 nitrogen and oxygen atoms in total. The second-order valence-electron chi connectivity index (χ2n) is 21.7. The largest absolute Gasteiger partial charge is 0.463 e. The second-order valence-corrected chi connectivity index (χ2v) is 33.0. The minimum absolute atomic E-state index is 0.00771. The first-order valence-corrected chi connectivity index (χ1v) is 31.8. The van der Waals surface area contributed by atoms with Crippen LogP contribution in [0.2, 0.25) is 51.4 Å². The number of aromatic nitrogens is 6. The zero-order valence-corrected chi connectivity index (χ0v) is 44.7. The van der Waals surface area contributed by atoms with Crippen molar-refractivity contribution in [3.63, 3.8) is 0 Å². The van der Waals surface area contributed by atoms with Crippen LogP contribution in [0.25, 0.3) is 33.5 Å². The molecule has 384 valence electrons. The Morgan fingerprint density at radius 1 is 0.831 bits per heavy atom. The Bertz CT molecular complexity index is 2740. The van der Waals surface area contributed by atoms with Gasteiger partial charge in [-0.2, -0.15) is 19.2 Å². The van der Waals surface area contributed by atoms with Gasteiger partial charge in [0.25, 0.3) is 0 Å². The number of carbonyl (C=O) groups excluding carboxylic acids is 1. The number of nitrogen functional groups attached to an aromatic ring is 1. The standard InChI is InChI=1S/C33H54N6O6Si2.C16H18N6O2/c1-33(2,3)45-32(40)37-12-10-11-25(21-37)29-18-30(38(23-42-13-15-46(4,5)6)24-43-14-16-47(7,8)9)39-31(36-29)28(20-34-39)26-17-27(19-35-41)44-22-26;17-15-5-14(10-2-1-3-18-6-10)21-16-13(8-19-22(15)16)11-4-12(7-20-23)24-9-11/h17-20,22,25,41H,10-16,21,23-24H2,1-9H3;4-5,7-10,18,23H,1-3,6,17H2. The summed E-state index contributed by atoms with van der Waals surface area (Å²) in [6.07, 6.45) is 12.8. The zero-order chi connectivity index (χ0) is 50.9. The molecule has 2 saturated heterocycles. The van der Waals surface area contributed by atoms with Gasteiger partial charge in [-0.3, -0.25) is 0 Å². The monoisotopic (exact) mass is 1010 g/mol. The highest BCUT2D eigenvalue weighted by Gasteiger charge is 2.31. The van der Waals surface area contributed by atoms with E-state index in [-0.39, 0.29) is 12.0 Å². The van der Waals surface area contributed by atoms with Crippen LogP contribution in [-0.4, -0.2) is 138 Å². The summed E-state index contributed by atoms with van der Waals surface area (Å²) in [4.78, 5) is 26.9. The SMILES string of the molecule is CC(C)(C)OC(=O)N1CCCC(c2cc(N(COCC[Si](C)(C)C)COCC[Si](C)(C)C)n3ncc(-c4coc(C=NO)c4)c3n2)C1.Nc1cc(C2CCCNC2)nc2c(-c3coc(C=NO)c3)cnn12. The molecular weight excluding hydrogens is 941 g/mol. The van der Waals surface area contributed by atoms with Crippen molar-refractivity contribution in [2.45, 2.75) is 115 Å². The van der Waals surface area contributed by atoms with E-state index in [4.69, 9.17) is 54.3 Å². The van der Waals surface area contributed by atoms with E-state index >= 15 is 0 Å². The van der Waals surface area contributed by atoms with Gasteiger partial charge in [-0.15, -0.1) is 0 Å². The van der Waals surface area contributed by atoms with E-state index in [1.54, 1.807) is 46.5 Å². The van der Waals surface area contributed by atoms with Crippen molar-refractivity contribution < 1.29 is 38.3 Å². The molecule has 0 aliphatic carbocycles. The zero-order valence-electron chi connectivity index (χ0n) is 42.7. The fraction of sp³-hybridized carbons (Fsp3) is 0.531. The molecule has 2 atom stereocenters. The quantitative estimate of drug-likeness (QED) is 0.0166. The third-order valence-electron chi connectivity index (χ3n) is 12.2. The Balaban J connectivity index is 0.000000256. The lowest BCUT2D eigenvalue weighted by atomic mass is 9.94. The first-order chi connectivity index (χ1) is 33.8. The normalized spacial score (nSPS) is 17.1. The third-order valence-corrected chi connectivity index (χ3v) is 15.6. The number of furan rings is 2. The first-order valence-electron chi connectivity index (χ1n) is 24.4. The van der Waals surface area contributed by atoms with Gasteiger partial charge in [0.1, 0.15) is 54.6 Å². The van der Waals surface area contributed by atoms with Crippen LogP contribution in [0, 0.1) is 0 Å². The van der Waals surface area contributed by atoms with Gasteiger partial charge in [0.05, 0.1) is 36.3 Å². The van der Waals surface area contributed by atoms with Crippen molar-refractivity contribution in [1.82, 2.24) is 39.4 Å². The number of hydrogen-bond acceptors (Lipinski definition) is 17. The smallest absolute Gasteiger partial charge is 0.410 e. The van der Waals surface area contributed by atoms with Crippen molar-refractivity contribution in [3.8, 4) is 22.3 Å². The predicted molar refractivity (Wildman–Crippen MR) is 280 cm³/mol. The van der Waals surface area contributed by atoms with E-state index in [0.29, 0.717) is 74.3 Å². The van der Waals surface area contributed by atoms with Gasteiger partial charge in [-0.25, -0.2) is 14.8 Å². The highest BCUT2D eigenvalue weighted by molar-refractivity contribution is 6.76. The third kappa shape index (κ3) is 14.3. The number of rotatable bonds is 17. The van der Waals surface area contributed by atoms with Crippen LogP contribution in [-0.2, 0) is 14.2 Å². The molecule has 2 unspecified atom stereocenters. The minimum Gasteiger partial charge on any atom is -0.463 e. The van der Waals surface area contributed by atoms with Crippen LogP contribution < -0.4 is 16.0 Å². The molecule has 6 aromatic rings.